The van der Waals surface area contributed by atoms with E-state index in [1.165, 1.54) is 83.5 Å². The first-order chi connectivity index (χ1) is 12.6. The van der Waals surface area contributed by atoms with Crippen LogP contribution >= 0.6 is 0 Å². The molecule has 0 saturated carbocycles. The summed E-state index contributed by atoms with van der Waals surface area (Å²) in [5.41, 5.74) is 0. The molecule has 0 unspecified atom stereocenters. The molecule has 2 heteroatoms. The molecule has 0 saturated heterocycles. The van der Waals surface area contributed by atoms with E-state index in [2.05, 4.69) is 32.9 Å². The Morgan fingerprint density at radius 1 is 0.692 bits per heavy atom. The molecular weight excluding hydrogens is 318 g/mol. The predicted molar refractivity (Wildman–Crippen MR) is 119 cm³/mol. The van der Waals surface area contributed by atoms with Gasteiger partial charge in [0.15, 0.2) is 0 Å². The number of ketones is 1. The van der Waals surface area contributed by atoms with Gasteiger partial charge in [0.05, 0.1) is 6.54 Å². The molecule has 0 fully saturated rings. The van der Waals surface area contributed by atoms with Gasteiger partial charge in [0.1, 0.15) is 5.78 Å². The number of hydrogen-bond donors (Lipinski definition) is 0. The molecule has 0 rings (SSSR count). The Bertz CT molecular complexity index is 297. The Balaban J connectivity index is 0. The highest BCUT2D eigenvalue weighted by atomic mass is 16.1. The summed E-state index contributed by atoms with van der Waals surface area (Å²) in [6.07, 6.45) is 23.8. The summed E-state index contributed by atoms with van der Waals surface area (Å²) in [6.45, 7) is 7.12. The van der Waals surface area contributed by atoms with Gasteiger partial charge >= 0.3 is 0 Å². The van der Waals surface area contributed by atoms with E-state index in [4.69, 9.17) is 0 Å². The van der Waals surface area contributed by atoms with E-state index in [9.17, 15) is 4.79 Å². The Kier molecular flexibility index (Phi) is 25.9. The molecule has 0 aromatic carbocycles. The van der Waals surface area contributed by atoms with Gasteiger partial charge in [-0.2, -0.15) is 0 Å². The molecule has 0 aromatic heterocycles. The number of allylic oxidation sites excluding steroid dienone is 2. The summed E-state index contributed by atoms with van der Waals surface area (Å²) in [6, 6.07) is 0. The maximum atomic E-state index is 11.5. The fourth-order valence-electron chi connectivity index (χ4n) is 2.82. The van der Waals surface area contributed by atoms with Gasteiger partial charge in [-0.05, 0) is 46.2 Å². The molecule has 0 radical (unpaired) electrons. The van der Waals surface area contributed by atoms with Crippen LogP contribution in [0.4, 0.5) is 0 Å². The Labute approximate surface area is 165 Å². The van der Waals surface area contributed by atoms with Crippen LogP contribution in [0.15, 0.2) is 12.2 Å². The van der Waals surface area contributed by atoms with E-state index in [1.54, 1.807) is 0 Å². The minimum absolute atomic E-state index is 0.382. The van der Waals surface area contributed by atoms with Crippen LogP contribution in [0.2, 0.25) is 0 Å². The van der Waals surface area contributed by atoms with E-state index in [-0.39, 0.29) is 0 Å². The van der Waals surface area contributed by atoms with Crippen molar-refractivity contribution in [3.63, 3.8) is 0 Å². The maximum absolute atomic E-state index is 11.5. The predicted octanol–water partition coefficient (Wildman–Crippen LogP) is 7.57. The fraction of sp³-hybridized carbons (Fsp3) is 0.875. The fourth-order valence-corrected chi connectivity index (χ4v) is 2.82. The molecule has 156 valence electrons. The zero-order valence-corrected chi connectivity index (χ0v) is 18.8. The summed E-state index contributed by atoms with van der Waals surface area (Å²) in [4.78, 5) is 13.5. The second-order valence-electron chi connectivity index (χ2n) is 7.82. The summed E-state index contributed by atoms with van der Waals surface area (Å²) < 4.78 is 0. The van der Waals surface area contributed by atoms with Crippen LogP contribution in [0.25, 0.3) is 0 Å². The lowest BCUT2D eigenvalue weighted by atomic mass is 10.1. The van der Waals surface area contributed by atoms with Crippen LogP contribution in [0.3, 0.4) is 0 Å². The van der Waals surface area contributed by atoms with Crippen LogP contribution in [-0.4, -0.2) is 31.3 Å². The molecule has 0 spiro atoms. The van der Waals surface area contributed by atoms with Gasteiger partial charge in [0.2, 0.25) is 0 Å². The average molecular weight is 368 g/mol. The van der Waals surface area contributed by atoms with Gasteiger partial charge in [-0.3, -0.25) is 4.79 Å². The zero-order valence-electron chi connectivity index (χ0n) is 18.8. The quantitative estimate of drug-likeness (QED) is 0.195. The molecule has 0 amide bonds. The molecule has 2 nitrogen and oxygen atoms in total. The van der Waals surface area contributed by atoms with E-state index < -0.39 is 0 Å². The van der Waals surface area contributed by atoms with E-state index in [1.807, 2.05) is 19.0 Å². The maximum Gasteiger partial charge on any atom is 0.146 e. The summed E-state index contributed by atoms with van der Waals surface area (Å²) in [5, 5.41) is 0. The summed E-state index contributed by atoms with van der Waals surface area (Å²) >= 11 is 0. The summed E-state index contributed by atoms with van der Waals surface area (Å²) in [7, 11) is 3.91. The molecular formula is C24H49NO. The van der Waals surface area contributed by atoms with E-state index in [0.717, 1.165) is 12.8 Å². The first-order valence-corrected chi connectivity index (χ1v) is 11.4. The van der Waals surface area contributed by atoms with Gasteiger partial charge in [-0.1, -0.05) is 90.7 Å². The molecule has 0 N–H and O–H groups in total. The molecule has 0 aliphatic rings. The van der Waals surface area contributed by atoms with Gasteiger partial charge in [0, 0.05) is 6.42 Å². The normalized spacial score (nSPS) is 11.0. The third kappa shape index (κ3) is 28.2. The average Bonchev–Trinajstić information content (AvgIpc) is 2.58. The third-order valence-electron chi connectivity index (χ3n) is 4.21. The van der Waals surface area contributed by atoms with Crippen molar-refractivity contribution in [2.75, 3.05) is 20.6 Å². The van der Waals surface area contributed by atoms with Crippen molar-refractivity contribution in [3.05, 3.63) is 12.2 Å². The van der Waals surface area contributed by atoms with Crippen LogP contribution < -0.4 is 0 Å². The van der Waals surface area contributed by atoms with Crippen molar-refractivity contribution < 1.29 is 4.79 Å². The van der Waals surface area contributed by atoms with E-state index >= 15 is 0 Å². The Morgan fingerprint density at radius 2 is 1.12 bits per heavy atom. The molecule has 0 aliphatic carbocycles. The lowest BCUT2D eigenvalue weighted by Gasteiger charge is -2.07. The number of unbranched alkanes of at least 4 members (excludes halogenated alkanes) is 11. The first kappa shape index (κ1) is 27.6. The van der Waals surface area contributed by atoms with Crippen molar-refractivity contribution in [1.29, 1.82) is 0 Å². The minimum atomic E-state index is 0.382. The number of likely N-dealkylation sites (N-methyl/N-ethyl adjacent to an activating group) is 1. The highest BCUT2D eigenvalue weighted by molar-refractivity contribution is 5.80. The Hall–Kier alpha value is -0.630. The van der Waals surface area contributed by atoms with Crippen LogP contribution in [0.1, 0.15) is 117 Å². The van der Waals surface area contributed by atoms with Crippen LogP contribution in [-0.2, 0) is 4.79 Å². The zero-order chi connectivity index (χ0) is 19.9. The molecule has 0 bridgehead atoms. The lowest BCUT2D eigenvalue weighted by molar-refractivity contribution is -0.119. The molecule has 0 heterocycles. The smallest absolute Gasteiger partial charge is 0.146 e. The molecule has 26 heavy (non-hydrogen) atoms. The molecule has 0 atom stereocenters. The van der Waals surface area contributed by atoms with Crippen LogP contribution in [0.5, 0.6) is 0 Å². The van der Waals surface area contributed by atoms with Crippen molar-refractivity contribution in [2.45, 2.75) is 117 Å². The van der Waals surface area contributed by atoms with E-state index in [0.29, 0.717) is 12.3 Å². The second-order valence-corrected chi connectivity index (χ2v) is 7.82. The summed E-state index contributed by atoms with van der Waals surface area (Å²) in [5.74, 6) is 0.382. The molecule has 0 aliphatic heterocycles. The monoisotopic (exact) mass is 367 g/mol. The van der Waals surface area contributed by atoms with Gasteiger partial charge in [0.25, 0.3) is 0 Å². The standard InChI is InChI=1S/C21H41NO.C3H8/c1-4-5-6-7-8-9-10-11-12-13-14-15-16-17-18-19-21(23)20-22(2)3;1-3-2/h11-12H,4-10,13-20H2,1-3H3;3H2,1-2H3/b12-11-;. The van der Waals surface area contributed by atoms with Crippen molar-refractivity contribution in [2.24, 2.45) is 0 Å². The van der Waals surface area contributed by atoms with Gasteiger partial charge in [-0.15, -0.1) is 0 Å². The highest BCUT2D eigenvalue weighted by Crippen LogP contribution is 2.10. The third-order valence-corrected chi connectivity index (χ3v) is 4.21. The SMILES string of the molecule is CCC.CCCCCCCC/C=C\CCCCCCCC(=O)CN(C)C. The highest BCUT2D eigenvalue weighted by Gasteiger charge is 2.02. The van der Waals surface area contributed by atoms with Crippen molar-refractivity contribution >= 4 is 5.78 Å². The number of carbonyl (C=O) groups excluding carboxylic acids is 1. The molecule has 0 aromatic rings. The number of rotatable bonds is 17. The number of carbonyl (C=O) groups is 1. The lowest BCUT2D eigenvalue weighted by Crippen LogP contribution is -2.21. The van der Waals surface area contributed by atoms with Crippen molar-refractivity contribution in [3.8, 4) is 0 Å². The number of Topliss-reactive ketones (excluding diaryl/α,β-unsaturated/α-hetero) is 1. The van der Waals surface area contributed by atoms with Gasteiger partial charge in [-0.25, -0.2) is 0 Å². The minimum Gasteiger partial charge on any atom is -0.302 e. The largest absolute Gasteiger partial charge is 0.302 e. The second kappa shape index (κ2) is 24.4. The topological polar surface area (TPSA) is 20.3 Å². The Morgan fingerprint density at radius 3 is 1.58 bits per heavy atom. The van der Waals surface area contributed by atoms with Gasteiger partial charge < -0.3 is 4.90 Å². The number of nitrogens with zero attached hydrogens (tertiary/aromatic N) is 1. The first-order valence-electron chi connectivity index (χ1n) is 11.4. The van der Waals surface area contributed by atoms with Crippen molar-refractivity contribution in [1.82, 2.24) is 4.90 Å². The van der Waals surface area contributed by atoms with Crippen LogP contribution in [0, 0.1) is 0 Å². The number of hydrogen-bond acceptors (Lipinski definition) is 2.